The molecule has 0 radical (unpaired) electrons. The smallest absolute Gasteiger partial charge is 0.303 e. The fraction of sp³-hybridized carbons (Fsp3) is 0.552. The monoisotopic (exact) mass is 635 g/mol. The molecule has 0 aliphatic rings. The van der Waals surface area contributed by atoms with Crippen molar-refractivity contribution in [2.75, 3.05) is 13.2 Å². The molecule has 0 aliphatic heterocycles. The fourth-order valence-electron chi connectivity index (χ4n) is 4.25. The molecule has 16 heteroatoms. The average molecular weight is 636 g/mol. The number of carbonyl (C=O) groups excluding carboxylic acids is 6. The van der Waals surface area contributed by atoms with Gasteiger partial charge in [0.15, 0.2) is 0 Å². The Bertz CT molecular complexity index is 1170. The minimum atomic E-state index is -1.36. The van der Waals surface area contributed by atoms with Gasteiger partial charge >= 0.3 is 5.97 Å². The third-order valence-corrected chi connectivity index (χ3v) is 6.90. The van der Waals surface area contributed by atoms with Crippen molar-refractivity contribution in [3.05, 3.63) is 35.9 Å². The second-order valence-electron chi connectivity index (χ2n) is 10.6. The molecule has 16 nitrogen and oxygen atoms in total. The first-order valence-corrected chi connectivity index (χ1v) is 14.6. The number of hydrogen-bond acceptors (Lipinski definition) is 10. The van der Waals surface area contributed by atoms with Crippen molar-refractivity contribution in [2.45, 2.75) is 88.5 Å². The molecule has 0 saturated heterocycles. The molecular weight excluding hydrogens is 590 g/mol. The molecule has 0 heterocycles. The summed E-state index contributed by atoms with van der Waals surface area (Å²) in [7, 11) is 0. The summed E-state index contributed by atoms with van der Waals surface area (Å²) in [6.07, 6.45) is 0.839. The van der Waals surface area contributed by atoms with Gasteiger partial charge in [-0.2, -0.15) is 0 Å². The number of carbonyl (C=O) groups is 7. The number of amides is 5. The van der Waals surface area contributed by atoms with Gasteiger partial charge in [0, 0.05) is 25.8 Å². The number of aliphatic hydroxyl groups is 1. The molecule has 0 fully saturated rings. The van der Waals surface area contributed by atoms with Crippen molar-refractivity contribution in [1.82, 2.24) is 21.3 Å². The lowest BCUT2D eigenvalue weighted by Crippen LogP contribution is -2.57. The molecule has 1 aromatic rings. The normalized spacial score (nSPS) is 14.2. The van der Waals surface area contributed by atoms with Gasteiger partial charge < -0.3 is 43.4 Å². The lowest BCUT2D eigenvalue weighted by atomic mass is 10.0. The number of hydrogen-bond donors (Lipinski definition) is 9. The molecule has 5 amide bonds. The Labute approximate surface area is 261 Å². The Kier molecular flexibility index (Phi) is 17.6. The number of ketones is 1. The zero-order valence-corrected chi connectivity index (χ0v) is 25.3. The molecule has 0 bridgehead atoms. The lowest BCUT2D eigenvalue weighted by Gasteiger charge is -2.22. The fourth-order valence-corrected chi connectivity index (χ4v) is 4.25. The maximum Gasteiger partial charge on any atom is 0.303 e. The highest BCUT2D eigenvalue weighted by atomic mass is 16.4. The lowest BCUT2D eigenvalue weighted by molar-refractivity contribution is -0.137. The van der Waals surface area contributed by atoms with Crippen LogP contribution in [0.3, 0.4) is 0 Å². The van der Waals surface area contributed by atoms with Crippen molar-refractivity contribution in [3.63, 3.8) is 0 Å². The minimum Gasteiger partial charge on any atom is -0.481 e. The summed E-state index contributed by atoms with van der Waals surface area (Å²) in [4.78, 5) is 83.6. The number of aliphatic hydroxyl groups excluding tert-OH is 1. The van der Waals surface area contributed by atoms with E-state index in [2.05, 4.69) is 21.3 Å². The summed E-state index contributed by atoms with van der Waals surface area (Å²) in [6.45, 7) is 0.799. The molecule has 0 aliphatic carbocycles. The van der Waals surface area contributed by atoms with Crippen LogP contribution in [0.25, 0.3) is 0 Å². The summed E-state index contributed by atoms with van der Waals surface area (Å²) >= 11 is 0. The topological polar surface area (TPSA) is 286 Å². The zero-order chi connectivity index (χ0) is 33.9. The van der Waals surface area contributed by atoms with Crippen LogP contribution in [0, 0.1) is 0 Å². The molecule has 0 saturated carbocycles. The first-order valence-electron chi connectivity index (χ1n) is 14.6. The van der Waals surface area contributed by atoms with Crippen molar-refractivity contribution in [2.24, 2.45) is 17.2 Å². The van der Waals surface area contributed by atoms with E-state index in [9.17, 15) is 38.7 Å². The quantitative estimate of drug-likeness (QED) is 0.0559. The predicted octanol–water partition coefficient (Wildman–Crippen LogP) is -2.66. The van der Waals surface area contributed by atoms with Crippen LogP contribution in [-0.2, 0) is 40.0 Å². The number of carboxylic acids is 1. The van der Waals surface area contributed by atoms with Gasteiger partial charge in [-0.1, -0.05) is 30.3 Å². The number of aliphatic carboxylic acids is 1. The van der Waals surface area contributed by atoms with Crippen LogP contribution in [0.15, 0.2) is 30.3 Å². The van der Waals surface area contributed by atoms with Gasteiger partial charge in [0.05, 0.1) is 24.7 Å². The van der Waals surface area contributed by atoms with E-state index in [-0.39, 0.29) is 56.8 Å². The number of nitrogens with one attached hydrogen (secondary N) is 4. The standard InChI is InChI=1S/C29H45N7O9/c1-17(38)20(34-21(26(31)42)11-13-25(40)41)10-12-24(39)33-14-6-5-9-19(30)28(44)36-23(16-37)29(45)35-22(27(32)43)15-18-7-3-2-4-8-18/h2-4,7-8,19-23,34,37H,5-6,9-16,30H2,1H3,(H2,31,42)(H2,32,43)(H,33,39)(H,35,45)(H,36,44)(H,40,41)/t19?,20?,21-,22-,23-/m0/s1. The van der Waals surface area contributed by atoms with Gasteiger partial charge in [0.1, 0.15) is 17.9 Å². The molecule has 1 aromatic carbocycles. The van der Waals surface area contributed by atoms with E-state index in [0.717, 1.165) is 5.56 Å². The second-order valence-corrected chi connectivity index (χ2v) is 10.6. The SMILES string of the molecule is CC(=O)C(CCC(=O)NCCCCC(N)C(=O)N[C@@H](CO)C(=O)N[C@@H](Cc1ccccc1)C(N)=O)N[C@@H](CCC(=O)O)C(N)=O. The first kappa shape index (κ1) is 38.6. The first-order chi connectivity index (χ1) is 21.2. The van der Waals surface area contributed by atoms with Gasteiger partial charge in [-0.05, 0) is 44.6 Å². The van der Waals surface area contributed by atoms with Crippen LogP contribution in [-0.4, -0.2) is 94.9 Å². The number of rotatable bonds is 23. The summed E-state index contributed by atoms with van der Waals surface area (Å²) in [5, 5.41) is 28.7. The molecule has 0 spiro atoms. The number of benzene rings is 1. The van der Waals surface area contributed by atoms with Crippen molar-refractivity contribution >= 4 is 41.3 Å². The zero-order valence-electron chi connectivity index (χ0n) is 25.3. The van der Waals surface area contributed by atoms with Gasteiger partial charge in [0.25, 0.3) is 0 Å². The van der Waals surface area contributed by atoms with E-state index in [0.29, 0.717) is 12.8 Å². The highest BCUT2D eigenvalue weighted by molar-refractivity contribution is 5.93. The molecule has 250 valence electrons. The summed E-state index contributed by atoms with van der Waals surface area (Å²) in [5.74, 6) is -4.87. The predicted molar refractivity (Wildman–Crippen MR) is 162 cm³/mol. The van der Waals surface area contributed by atoms with Crippen LogP contribution < -0.4 is 38.5 Å². The Hall–Kier alpha value is -4.41. The van der Waals surface area contributed by atoms with E-state index < -0.39 is 66.4 Å². The van der Waals surface area contributed by atoms with Crippen molar-refractivity contribution in [1.29, 1.82) is 0 Å². The number of Topliss-reactive ketones (excluding diaryl/α,β-unsaturated/α-hetero) is 1. The maximum absolute atomic E-state index is 12.6. The Balaban J connectivity index is 2.43. The molecule has 1 rings (SSSR count). The van der Waals surface area contributed by atoms with Gasteiger partial charge in [-0.3, -0.25) is 38.9 Å². The van der Waals surface area contributed by atoms with Gasteiger partial charge in [-0.25, -0.2) is 0 Å². The van der Waals surface area contributed by atoms with Crippen molar-refractivity contribution in [3.8, 4) is 0 Å². The molecule has 5 atom stereocenters. The summed E-state index contributed by atoms with van der Waals surface area (Å²) in [5.41, 5.74) is 17.4. The largest absolute Gasteiger partial charge is 0.481 e. The summed E-state index contributed by atoms with van der Waals surface area (Å²) < 4.78 is 0. The van der Waals surface area contributed by atoms with E-state index >= 15 is 0 Å². The van der Waals surface area contributed by atoms with Gasteiger partial charge in [-0.15, -0.1) is 0 Å². The van der Waals surface area contributed by atoms with E-state index in [1.54, 1.807) is 30.3 Å². The number of primary amides is 2. The number of nitrogens with two attached hydrogens (primary N) is 3. The minimum absolute atomic E-state index is 0.0455. The van der Waals surface area contributed by atoms with Crippen LogP contribution in [0.4, 0.5) is 0 Å². The average Bonchev–Trinajstić information content (AvgIpc) is 2.98. The molecule has 2 unspecified atom stereocenters. The van der Waals surface area contributed by atoms with E-state index in [1.165, 1.54) is 6.92 Å². The van der Waals surface area contributed by atoms with E-state index in [4.69, 9.17) is 22.3 Å². The Morgan fingerprint density at radius 3 is 1.93 bits per heavy atom. The molecule has 12 N–H and O–H groups in total. The number of unbranched alkanes of at least 4 members (excludes halogenated alkanes) is 1. The number of carboxylic acid groups (broad SMARTS) is 1. The second kappa shape index (κ2) is 20.5. The highest BCUT2D eigenvalue weighted by Gasteiger charge is 2.27. The van der Waals surface area contributed by atoms with Gasteiger partial charge in [0.2, 0.25) is 29.5 Å². The van der Waals surface area contributed by atoms with E-state index in [1.807, 2.05) is 0 Å². The Morgan fingerprint density at radius 2 is 1.38 bits per heavy atom. The third kappa shape index (κ3) is 15.8. The third-order valence-electron chi connectivity index (χ3n) is 6.90. The molecular formula is C29H45N7O9. The van der Waals surface area contributed by atoms with Crippen LogP contribution in [0.5, 0.6) is 0 Å². The maximum atomic E-state index is 12.6. The van der Waals surface area contributed by atoms with Crippen LogP contribution in [0.2, 0.25) is 0 Å². The van der Waals surface area contributed by atoms with Crippen LogP contribution in [0.1, 0.15) is 57.4 Å². The summed E-state index contributed by atoms with van der Waals surface area (Å²) in [6, 6.07) is 3.52. The molecule has 0 aromatic heterocycles. The molecule has 45 heavy (non-hydrogen) atoms. The Morgan fingerprint density at radius 1 is 0.778 bits per heavy atom. The van der Waals surface area contributed by atoms with Crippen molar-refractivity contribution < 1.29 is 43.8 Å². The van der Waals surface area contributed by atoms with Crippen LogP contribution >= 0.6 is 0 Å². The highest BCUT2D eigenvalue weighted by Crippen LogP contribution is 2.06.